The summed E-state index contributed by atoms with van der Waals surface area (Å²) in [6.45, 7) is 7.99. The Kier molecular flexibility index (Phi) is 6.44. The Morgan fingerprint density at radius 3 is 2.67 bits per heavy atom. The van der Waals surface area contributed by atoms with Crippen LogP contribution in [-0.4, -0.2) is 58.5 Å². The van der Waals surface area contributed by atoms with E-state index in [-0.39, 0.29) is 11.3 Å². The van der Waals surface area contributed by atoms with E-state index in [1.165, 1.54) is 19.5 Å². The molecule has 0 aliphatic carbocycles. The fourth-order valence-corrected chi connectivity index (χ4v) is 3.83. The number of methoxy groups -OCH3 is 1. The molecule has 1 amide bonds. The molecule has 2 aromatic rings. The molecule has 1 aliphatic heterocycles. The van der Waals surface area contributed by atoms with E-state index in [0.29, 0.717) is 42.2 Å². The van der Waals surface area contributed by atoms with Crippen molar-refractivity contribution in [2.75, 3.05) is 25.1 Å². The number of ether oxygens (including phenoxy) is 2. The molecule has 0 radical (unpaired) electrons. The molecule has 0 saturated carbocycles. The van der Waals surface area contributed by atoms with Crippen molar-refractivity contribution in [1.29, 1.82) is 5.26 Å². The van der Waals surface area contributed by atoms with Gasteiger partial charge in [-0.2, -0.15) is 5.26 Å². The van der Waals surface area contributed by atoms with Gasteiger partial charge < -0.3 is 24.8 Å². The van der Waals surface area contributed by atoms with Gasteiger partial charge in [0.15, 0.2) is 0 Å². The minimum Gasteiger partial charge on any atom is -0.481 e. The molecule has 0 aromatic carbocycles. The highest BCUT2D eigenvalue weighted by molar-refractivity contribution is 6.00. The van der Waals surface area contributed by atoms with Gasteiger partial charge in [0.25, 0.3) is 0 Å². The van der Waals surface area contributed by atoms with Crippen molar-refractivity contribution in [2.24, 2.45) is 0 Å². The predicted molar refractivity (Wildman–Crippen MR) is 120 cm³/mol. The summed E-state index contributed by atoms with van der Waals surface area (Å²) >= 11 is 0. The van der Waals surface area contributed by atoms with Gasteiger partial charge in [-0.3, -0.25) is 0 Å². The number of nitrogens with one attached hydrogen (secondary N) is 1. The summed E-state index contributed by atoms with van der Waals surface area (Å²) in [5.74, 6) is -0.848. The quantitative estimate of drug-likeness (QED) is 0.699. The highest BCUT2D eigenvalue weighted by atomic mass is 16.6. The van der Waals surface area contributed by atoms with Crippen LogP contribution in [0.3, 0.4) is 0 Å². The average molecular weight is 453 g/mol. The number of aromatic nitrogens is 2. The topological polar surface area (TPSA) is 138 Å². The molecule has 10 nitrogen and oxygen atoms in total. The van der Waals surface area contributed by atoms with Crippen LogP contribution in [-0.2, 0) is 4.74 Å². The molecule has 2 N–H and O–H groups in total. The monoisotopic (exact) mass is 453 g/mol. The molecule has 3 rings (SSSR count). The molecule has 174 valence electrons. The number of nitriles is 1. The summed E-state index contributed by atoms with van der Waals surface area (Å²) in [5.41, 5.74) is 0.0179. The minimum atomic E-state index is -1.17. The fourth-order valence-electron chi connectivity index (χ4n) is 3.83. The van der Waals surface area contributed by atoms with Crippen LogP contribution in [0.5, 0.6) is 5.88 Å². The number of alkyl carbamates (subject to hydrolysis) is 1. The van der Waals surface area contributed by atoms with Crippen LogP contribution < -0.4 is 15.0 Å². The minimum absolute atomic E-state index is 0.0405. The molecule has 1 atom stereocenters. The van der Waals surface area contributed by atoms with Crippen molar-refractivity contribution in [1.82, 2.24) is 15.3 Å². The largest absolute Gasteiger partial charge is 0.481 e. The van der Waals surface area contributed by atoms with E-state index in [9.17, 15) is 20.0 Å². The van der Waals surface area contributed by atoms with E-state index in [1.54, 1.807) is 32.9 Å². The van der Waals surface area contributed by atoms with E-state index in [1.807, 2.05) is 11.8 Å². The first-order valence-electron chi connectivity index (χ1n) is 10.4. The Hall–Kier alpha value is -3.87. The zero-order valence-corrected chi connectivity index (χ0v) is 19.3. The second kappa shape index (κ2) is 8.94. The molecule has 0 spiro atoms. The van der Waals surface area contributed by atoms with Crippen molar-refractivity contribution >= 4 is 17.7 Å². The predicted octanol–water partition coefficient (Wildman–Crippen LogP) is 3.22. The third-order valence-electron chi connectivity index (χ3n) is 5.21. The van der Waals surface area contributed by atoms with Crippen molar-refractivity contribution < 1.29 is 24.2 Å². The molecule has 33 heavy (non-hydrogen) atoms. The SMILES string of the molecule is COc1cc(-c2c(C#N)ncc(C(=O)O)c2N2CC[C@](C)(NC(=O)OC(C)(C)C)C2)ccn1. The van der Waals surface area contributed by atoms with E-state index in [4.69, 9.17) is 9.47 Å². The molecule has 0 bridgehead atoms. The standard InChI is InChI=1S/C23H27N5O5/c1-22(2,3)33-21(31)27-23(4)7-9-28(13-23)19-15(20(29)30)12-26-16(11-24)18(19)14-6-8-25-17(10-14)32-5/h6,8,10,12H,7,9,13H2,1-5H3,(H,27,31)(H,29,30)/t23-/m0/s1. The highest BCUT2D eigenvalue weighted by Crippen LogP contribution is 2.40. The van der Waals surface area contributed by atoms with Crippen LogP contribution in [0.1, 0.15) is 50.2 Å². The third kappa shape index (κ3) is 5.31. The van der Waals surface area contributed by atoms with Gasteiger partial charge in [0, 0.05) is 37.1 Å². The summed E-state index contributed by atoms with van der Waals surface area (Å²) in [6, 6.07) is 5.36. The number of rotatable bonds is 5. The lowest BCUT2D eigenvalue weighted by molar-refractivity contribution is 0.0472. The van der Waals surface area contributed by atoms with Crippen LogP contribution in [0.15, 0.2) is 24.5 Å². The number of hydrogen-bond donors (Lipinski definition) is 2. The van der Waals surface area contributed by atoms with Gasteiger partial charge in [-0.15, -0.1) is 0 Å². The lowest BCUT2D eigenvalue weighted by Gasteiger charge is -2.30. The molecule has 1 aliphatic rings. The van der Waals surface area contributed by atoms with E-state index >= 15 is 0 Å². The Morgan fingerprint density at radius 1 is 1.33 bits per heavy atom. The number of carboxylic acid groups (broad SMARTS) is 1. The first kappa shape index (κ1) is 23.8. The van der Waals surface area contributed by atoms with E-state index < -0.39 is 23.2 Å². The molecule has 3 heterocycles. The zero-order valence-electron chi connectivity index (χ0n) is 19.3. The van der Waals surface area contributed by atoms with Gasteiger partial charge >= 0.3 is 12.1 Å². The Bertz CT molecular complexity index is 1120. The molecule has 0 unspecified atom stereocenters. The van der Waals surface area contributed by atoms with Gasteiger partial charge in [-0.1, -0.05) is 0 Å². The summed E-state index contributed by atoms with van der Waals surface area (Å²) in [7, 11) is 1.47. The summed E-state index contributed by atoms with van der Waals surface area (Å²) < 4.78 is 10.6. The van der Waals surface area contributed by atoms with Crippen molar-refractivity contribution in [3.8, 4) is 23.1 Å². The van der Waals surface area contributed by atoms with Crippen LogP contribution in [0, 0.1) is 11.3 Å². The maximum atomic E-state index is 12.4. The van der Waals surface area contributed by atoms with Gasteiger partial charge in [-0.25, -0.2) is 19.6 Å². The number of amides is 1. The van der Waals surface area contributed by atoms with Crippen molar-refractivity contribution in [3.63, 3.8) is 0 Å². The van der Waals surface area contributed by atoms with Crippen LogP contribution in [0.4, 0.5) is 10.5 Å². The smallest absolute Gasteiger partial charge is 0.408 e. The Labute approximate surface area is 192 Å². The van der Waals surface area contributed by atoms with Crippen molar-refractivity contribution in [2.45, 2.75) is 45.3 Å². The number of hydrogen-bond acceptors (Lipinski definition) is 8. The number of aromatic carboxylic acids is 1. The molecule has 10 heteroatoms. The van der Waals surface area contributed by atoms with Crippen molar-refractivity contribution in [3.05, 3.63) is 35.8 Å². The first-order valence-corrected chi connectivity index (χ1v) is 10.4. The summed E-state index contributed by atoms with van der Waals surface area (Å²) in [5, 5.41) is 22.5. The summed E-state index contributed by atoms with van der Waals surface area (Å²) in [6.07, 6.45) is 2.71. The van der Waals surface area contributed by atoms with Crippen LogP contribution in [0.2, 0.25) is 0 Å². The Balaban J connectivity index is 2.06. The molecule has 2 aromatic heterocycles. The van der Waals surface area contributed by atoms with E-state index in [2.05, 4.69) is 21.4 Å². The molecular weight excluding hydrogens is 426 g/mol. The second-order valence-electron chi connectivity index (χ2n) is 9.11. The third-order valence-corrected chi connectivity index (χ3v) is 5.21. The zero-order chi connectivity index (χ0) is 24.4. The molecular formula is C23H27N5O5. The second-order valence-corrected chi connectivity index (χ2v) is 9.11. The van der Waals surface area contributed by atoms with E-state index in [0.717, 1.165) is 0 Å². The number of pyridine rings is 2. The van der Waals surface area contributed by atoms with Gasteiger partial charge in [0.2, 0.25) is 5.88 Å². The Morgan fingerprint density at radius 2 is 2.06 bits per heavy atom. The maximum Gasteiger partial charge on any atom is 0.408 e. The summed E-state index contributed by atoms with van der Waals surface area (Å²) in [4.78, 5) is 34.5. The fraction of sp³-hybridized carbons (Fsp3) is 0.435. The maximum absolute atomic E-state index is 12.4. The highest BCUT2D eigenvalue weighted by Gasteiger charge is 2.39. The van der Waals surface area contributed by atoms with Crippen LogP contribution >= 0.6 is 0 Å². The number of nitrogens with zero attached hydrogens (tertiary/aromatic N) is 4. The van der Waals surface area contributed by atoms with Crippen LogP contribution in [0.25, 0.3) is 11.1 Å². The number of carbonyl (C=O) groups is 2. The normalized spacial score (nSPS) is 17.9. The average Bonchev–Trinajstić information content (AvgIpc) is 3.12. The lowest BCUT2D eigenvalue weighted by Crippen LogP contribution is -2.49. The number of carbonyl (C=O) groups excluding carboxylic acids is 1. The van der Waals surface area contributed by atoms with Gasteiger partial charge in [-0.05, 0) is 45.7 Å². The number of anilines is 1. The van der Waals surface area contributed by atoms with Gasteiger partial charge in [0.1, 0.15) is 22.9 Å². The molecule has 1 fully saturated rings. The molecule has 1 saturated heterocycles. The number of carboxylic acids is 1. The lowest BCUT2D eigenvalue weighted by atomic mass is 9.98. The van der Waals surface area contributed by atoms with Gasteiger partial charge in [0.05, 0.1) is 18.3 Å². The first-order chi connectivity index (χ1) is 15.5.